The molecule has 92 valence electrons. The van der Waals surface area contributed by atoms with Crippen molar-refractivity contribution in [1.29, 1.82) is 0 Å². The standard InChI is InChI=1S/C13H11FN2OS/c14-8-3-1-4-9(7-8)18-12-10(13(16)17)5-2-6-11(12)15/h1-7H,15H2,(H2,16,17). The zero-order chi connectivity index (χ0) is 13.1. The fourth-order valence-electron chi connectivity index (χ4n) is 1.51. The molecule has 0 fully saturated rings. The minimum atomic E-state index is -0.554. The molecule has 1 amide bonds. The van der Waals surface area contributed by atoms with Gasteiger partial charge in [-0.15, -0.1) is 0 Å². The van der Waals surface area contributed by atoms with E-state index in [1.807, 2.05) is 0 Å². The summed E-state index contributed by atoms with van der Waals surface area (Å²) < 4.78 is 13.1. The van der Waals surface area contributed by atoms with Crippen LogP contribution in [0.25, 0.3) is 0 Å². The van der Waals surface area contributed by atoms with Gasteiger partial charge in [0.2, 0.25) is 5.91 Å². The molecule has 2 aromatic carbocycles. The highest BCUT2D eigenvalue weighted by molar-refractivity contribution is 7.99. The lowest BCUT2D eigenvalue weighted by Gasteiger charge is -2.09. The van der Waals surface area contributed by atoms with E-state index in [1.54, 1.807) is 30.3 Å². The van der Waals surface area contributed by atoms with Gasteiger partial charge in [-0.05, 0) is 30.3 Å². The number of amides is 1. The SMILES string of the molecule is NC(=O)c1cccc(N)c1Sc1cccc(F)c1. The minimum absolute atomic E-state index is 0.337. The van der Waals surface area contributed by atoms with E-state index >= 15 is 0 Å². The Bertz CT molecular complexity index is 601. The Morgan fingerprint density at radius 3 is 2.56 bits per heavy atom. The lowest BCUT2D eigenvalue weighted by Crippen LogP contribution is -2.13. The molecule has 0 saturated heterocycles. The van der Waals surface area contributed by atoms with Crippen molar-refractivity contribution in [3.8, 4) is 0 Å². The molecule has 0 aliphatic carbocycles. The second kappa shape index (κ2) is 5.10. The van der Waals surface area contributed by atoms with E-state index in [0.29, 0.717) is 21.0 Å². The van der Waals surface area contributed by atoms with Gasteiger partial charge in [0.15, 0.2) is 0 Å². The van der Waals surface area contributed by atoms with E-state index in [-0.39, 0.29) is 5.82 Å². The van der Waals surface area contributed by atoms with E-state index in [9.17, 15) is 9.18 Å². The number of rotatable bonds is 3. The van der Waals surface area contributed by atoms with Gasteiger partial charge in [-0.25, -0.2) is 4.39 Å². The van der Waals surface area contributed by atoms with Crippen LogP contribution in [0.3, 0.4) is 0 Å². The molecule has 0 aliphatic heterocycles. The van der Waals surface area contributed by atoms with E-state index in [1.165, 1.54) is 23.9 Å². The summed E-state index contributed by atoms with van der Waals surface area (Å²) in [6.07, 6.45) is 0. The molecule has 0 aliphatic rings. The van der Waals surface area contributed by atoms with Crippen LogP contribution in [-0.2, 0) is 0 Å². The van der Waals surface area contributed by atoms with Crippen molar-refractivity contribution in [2.75, 3.05) is 5.73 Å². The number of hydrogen-bond donors (Lipinski definition) is 2. The van der Waals surface area contributed by atoms with E-state index < -0.39 is 5.91 Å². The van der Waals surface area contributed by atoms with Gasteiger partial charge >= 0.3 is 0 Å². The third kappa shape index (κ3) is 2.62. The Labute approximate surface area is 108 Å². The second-order valence-electron chi connectivity index (χ2n) is 3.65. The first-order valence-corrected chi connectivity index (χ1v) is 6.01. The monoisotopic (exact) mass is 262 g/mol. The molecule has 4 N–H and O–H groups in total. The smallest absolute Gasteiger partial charge is 0.249 e. The lowest BCUT2D eigenvalue weighted by molar-refractivity contribution is 0.0997. The Morgan fingerprint density at radius 1 is 1.17 bits per heavy atom. The molecular formula is C13H11FN2OS. The Hall–Kier alpha value is -2.01. The van der Waals surface area contributed by atoms with Crippen LogP contribution in [0.2, 0.25) is 0 Å². The second-order valence-corrected chi connectivity index (χ2v) is 4.73. The van der Waals surface area contributed by atoms with Crippen LogP contribution < -0.4 is 11.5 Å². The summed E-state index contributed by atoms with van der Waals surface area (Å²) in [6, 6.07) is 11.0. The molecule has 2 rings (SSSR count). The van der Waals surface area contributed by atoms with Crippen LogP contribution in [0.5, 0.6) is 0 Å². The number of benzene rings is 2. The van der Waals surface area contributed by atoms with Crippen molar-refractivity contribution in [3.05, 3.63) is 53.8 Å². The molecule has 0 radical (unpaired) electrons. The number of carbonyl (C=O) groups excluding carboxylic acids is 1. The Morgan fingerprint density at radius 2 is 1.89 bits per heavy atom. The summed E-state index contributed by atoms with van der Waals surface area (Å²) in [4.78, 5) is 12.5. The topological polar surface area (TPSA) is 69.1 Å². The highest BCUT2D eigenvalue weighted by Gasteiger charge is 2.12. The molecule has 0 atom stereocenters. The number of carbonyl (C=O) groups is 1. The van der Waals surface area contributed by atoms with Gasteiger partial charge in [0.05, 0.1) is 5.56 Å². The first-order chi connectivity index (χ1) is 8.58. The van der Waals surface area contributed by atoms with Gasteiger partial charge < -0.3 is 11.5 Å². The maximum Gasteiger partial charge on any atom is 0.249 e. The van der Waals surface area contributed by atoms with Crippen molar-refractivity contribution in [1.82, 2.24) is 0 Å². The molecule has 0 spiro atoms. The lowest BCUT2D eigenvalue weighted by atomic mass is 10.2. The number of primary amides is 1. The van der Waals surface area contributed by atoms with Gasteiger partial charge in [-0.1, -0.05) is 23.9 Å². The molecule has 2 aromatic rings. The zero-order valence-electron chi connectivity index (χ0n) is 9.39. The average Bonchev–Trinajstić information content (AvgIpc) is 2.31. The highest BCUT2D eigenvalue weighted by Crippen LogP contribution is 2.34. The fraction of sp³-hybridized carbons (Fsp3) is 0. The van der Waals surface area contributed by atoms with Crippen LogP contribution in [0.15, 0.2) is 52.3 Å². The largest absolute Gasteiger partial charge is 0.398 e. The van der Waals surface area contributed by atoms with Gasteiger partial charge in [0.25, 0.3) is 0 Å². The fourth-order valence-corrected chi connectivity index (χ4v) is 2.53. The van der Waals surface area contributed by atoms with E-state index in [4.69, 9.17) is 11.5 Å². The van der Waals surface area contributed by atoms with Gasteiger partial charge in [0.1, 0.15) is 5.82 Å². The molecule has 18 heavy (non-hydrogen) atoms. The van der Waals surface area contributed by atoms with E-state index in [0.717, 1.165) is 0 Å². The molecule has 3 nitrogen and oxygen atoms in total. The summed E-state index contributed by atoms with van der Waals surface area (Å²) in [5.41, 5.74) is 11.9. The summed E-state index contributed by atoms with van der Waals surface area (Å²) in [5.74, 6) is -0.892. The third-order valence-corrected chi connectivity index (χ3v) is 3.48. The van der Waals surface area contributed by atoms with Crippen LogP contribution in [0.4, 0.5) is 10.1 Å². The number of halogens is 1. The third-order valence-electron chi connectivity index (χ3n) is 2.33. The maximum atomic E-state index is 13.1. The summed E-state index contributed by atoms with van der Waals surface area (Å²) in [6.45, 7) is 0. The summed E-state index contributed by atoms with van der Waals surface area (Å²) in [7, 11) is 0. The predicted octanol–water partition coefficient (Wildman–Crippen LogP) is 2.66. The molecular weight excluding hydrogens is 251 g/mol. The maximum absolute atomic E-state index is 13.1. The average molecular weight is 262 g/mol. The summed E-state index contributed by atoms with van der Waals surface area (Å²) in [5, 5.41) is 0. The van der Waals surface area contributed by atoms with Crippen LogP contribution >= 0.6 is 11.8 Å². The predicted molar refractivity (Wildman–Crippen MR) is 69.9 cm³/mol. The Kier molecular flexibility index (Phi) is 3.53. The number of nitrogen functional groups attached to an aromatic ring is 1. The first kappa shape index (κ1) is 12.4. The molecule has 0 bridgehead atoms. The van der Waals surface area contributed by atoms with Crippen LogP contribution in [0.1, 0.15) is 10.4 Å². The normalized spacial score (nSPS) is 10.3. The number of nitrogens with two attached hydrogens (primary N) is 2. The first-order valence-electron chi connectivity index (χ1n) is 5.19. The minimum Gasteiger partial charge on any atom is -0.398 e. The molecule has 0 saturated carbocycles. The van der Waals surface area contributed by atoms with Crippen molar-refractivity contribution in [2.45, 2.75) is 9.79 Å². The zero-order valence-corrected chi connectivity index (χ0v) is 10.2. The van der Waals surface area contributed by atoms with Crippen molar-refractivity contribution in [3.63, 3.8) is 0 Å². The van der Waals surface area contributed by atoms with Gasteiger partial charge in [-0.3, -0.25) is 4.79 Å². The van der Waals surface area contributed by atoms with Crippen molar-refractivity contribution in [2.24, 2.45) is 5.73 Å². The van der Waals surface area contributed by atoms with Crippen molar-refractivity contribution < 1.29 is 9.18 Å². The van der Waals surface area contributed by atoms with E-state index in [2.05, 4.69) is 0 Å². The van der Waals surface area contributed by atoms with Crippen LogP contribution in [-0.4, -0.2) is 5.91 Å². The van der Waals surface area contributed by atoms with Crippen molar-refractivity contribution >= 4 is 23.4 Å². The molecule has 0 unspecified atom stereocenters. The number of hydrogen-bond acceptors (Lipinski definition) is 3. The molecule has 0 aromatic heterocycles. The van der Waals surface area contributed by atoms with Gasteiger partial charge in [0, 0.05) is 15.5 Å². The molecule has 5 heteroatoms. The molecule has 0 heterocycles. The quantitative estimate of drug-likeness (QED) is 0.835. The van der Waals surface area contributed by atoms with Crippen LogP contribution in [0, 0.1) is 5.82 Å². The summed E-state index contributed by atoms with van der Waals surface area (Å²) >= 11 is 1.22. The highest BCUT2D eigenvalue weighted by atomic mass is 32.2. The Balaban J connectivity index is 2.42. The number of anilines is 1. The van der Waals surface area contributed by atoms with Gasteiger partial charge in [-0.2, -0.15) is 0 Å².